The maximum Gasteiger partial charge on any atom is 0.329 e. The van der Waals surface area contributed by atoms with Crippen LogP contribution < -0.4 is 25.4 Å². The Morgan fingerprint density at radius 3 is 2.48 bits per heavy atom. The van der Waals surface area contributed by atoms with E-state index >= 15 is 4.39 Å². The number of aryl methyl sites for hydroxylation is 1. The summed E-state index contributed by atoms with van der Waals surface area (Å²) < 4.78 is 45.3. The summed E-state index contributed by atoms with van der Waals surface area (Å²) in [7, 11) is -2.67. The molecule has 272 valence electrons. The molecule has 8 rings (SSSR count). The third-order valence-corrected chi connectivity index (χ3v) is 12.4. The summed E-state index contributed by atoms with van der Waals surface area (Å²) in [5.41, 5.74) is 1.86. The van der Waals surface area contributed by atoms with E-state index in [1.54, 1.807) is 16.3 Å². The Labute approximate surface area is 296 Å². The van der Waals surface area contributed by atoms with Crippen molar-refractivity contribution in [3.8, 4) is 5.75 Å². The highest BCUT2D eigenvalue weighted by atomic mass is 32.2. The molecule has 2 bridgehead atoms. The van der Waals surface area contributed by atoms with Gasteiger partial charge in [0, 0.05) is 36.6 Å². The number of hydrogen-bond donors (Lipinski definition) is 4. The molecule has 4 aliphatic heterocycles. The molecular formula is C35H36FN7O8S. The van der Waals surface area contributed by atoms with Crippen LogP contribution in [0.5, 0.6) is 5.75 Å². The van der Waals surface area contributed by atoms with E-state index in [2.05, 4.69) is 15.5 Å². The lowest BCUT2D eigenvalue weighted by atomic mass is 9.86. The smallest absolute Gasteiger partial charge is 0.329 e. The van der Waals surface area contributed by atoms with Crippen LogP contribution in [0.15, 0.2) is 47.3 Å². The van der Waals surface area contributed by atoms with Gasteiger partial charge in [0.15, 0.2) is 5.82 Å². The normalized spacial score (nSPS) is 24.7. The number of hydrogen-bond acceptors (Lipinski definition) is 9. The van der Waals surface area contributed by atoms with Gasteiger partial charge >= 0.3 is 15.9 Å². The number of amides is 4. The standard InChI is InChI=1S/C35H36FN7O8S/c1-40-27-14-19(3-9-25(27)43(35(40)49)26-10-11-29(45)38-34(26)48)18-2-5-22-6-7-23(13-18)41(22)16-30(46)37-21-4-8-24-20(12-21)15-28(44)33(32(24)36)42-17-31(47)39-52(42,50)51/h3-4,8-9,12,14-15,18,22-23,26,44H,2,5-7,10-11,13,16-17H2,1H3,(H,37,46)(H,39,47)(H,38,45,48). The summed E-state index contributed by atoms with van der Waals surface area (Å²) in [5, 5.41) is 16.0. The number of carbonyl (C=O) groups excluding carboxylic acids is 4. The van der Waals surface area contributed by atoms with Gasteiger partial charge in [0.25, 0.3) is 5.91 Å². The molecule has 4 saturated heterocycles. The number of nitrogens with one attached hydrogen (secondary N) is 3. The van der Waals surface area contributed by atoms with Gasteiger partial charge in [0.2, 0.25) is 17.7 Å². The van der Waals surface area contributed by atoms with E-state index in [9.17, 15) is 37.5 Å². The monoisotopic (exact) mass is 733 g/mol. The zero-order valence-corrected chi connectivity index (χ0v) is 28.9. The van der Waals surface area contributed by atoms with Gasteiger partial charge in [-0.3, -0.25) is 38.5 Å². The lowest BCUT2D eigenvalue weighted by Crippen LogP contribution is -2.44. The average molecular weight is 734 g/mol. The highest BCUT2D eigenvalue weighted by Gasteiger charge is 2.40. The van der Waals surface area contributed by atoms with Crippen molar-refractivity contribution in [2.24, 2.45) is 7.05 Å². The largest absolute Gasteiger partial charge is 0.506 e. The van der Waals surface area contributed by atoms with Crippen molar-refractivity contribution in [1.29, 1.82) is 0 Å². The number of carbonyl (C=O) groups is 4. The number of aromatic nitrogens is 2. The first-order valence-electron chi connectivity index (χ1n) is 17.2. The molecule has 4 atom stereocenters. The van der Waals surface area contributed by atoms with Crippen LogP contribution in [-0.2, 0) is 36.4 Å². The molecule has 3 aromatic carbocycles. The van der Waals surface area contributed by atoms with Crippen molar-refractivity contribution in [3.05, 3.63) is 64.3 Å². The van der Waals surface area contributed by atoms with Crippen LogP contribution in [0.25, 0.3) is 21.8 Å². The molecule has 15 nitrogen and oxygen atoms in total. The van der Waals surface area contributed by atoms with Crippen LogP contribution in [0.3, 0.4) is 0 Å². The molecule has 52 heavy (non-hydrogen) atoms. The fourth-order valence-electron chi connectivity index (χ4n) is 8.51. The van der Waals surface area contributed by atoms with Crippen molar-refractivity contribution in [2.45, 2.75) is 69.0 Å². The van der Waals surface area contributed by atoms with Crippen LogP contribution in [0.2, 0.25) is 0 Å². The number of phenols is 1. The van der Waals surface area contributed by atoms with Crippen LogP contribution in [0, 0.1) is 5.82 Å². The number of piperidine rings is 1. The van der Waals surface area contributed by atoms with E-state index in [-0.39, 0.29) is 65.7 Å². The van der Waals surface area contributed by atoms with E-state index in [4.69, 9.17) is 0 Å². The Hall–Kier alpha value is -5.29. The third kappa shape index (κ3) is 5.67. The van der Waals surface area contributed by atoms with Crippen LogP contribution in [0.4, 0.5) is 15.8 Å². The number of imide groups is 1. The van der Waals surface area contributed by atoms with E-state index in [1.807, 2.05) is 18.2 Å². The molecule has 1 aromatic heterocycles. The average Bonchev–Trinajstić information content (AvgIpc) is 3.61. The zero-order valence-electron chi connectivity index (χ0n) is 28.1. The van der Waals surface area contributed by atoms with E-state index in [1.165, 1.54) is 28.8 Å². The van der Waals surface area contributed by atoms with Gasteiger partial charge in [-0.25, -0.2) is 18.2 Å². The zero-order chi connectivity index (χ0) is 36.6. The summed E-state index contributed by atoms with van der Waals surface area (Å²) in [4.78, 5) is 64.9. The van der Waals surface area contributed by atoms with Crippen molar-refractivity contribution in [2.75, 3.05) is 22.7 Å². The molecule has 4 N–H and O–H groups in total. The van der Waals surface area contributed by atoms with Gasteiger partial charge in [-0.05, 0) is 91.8 Å². The fourth-order valence-corrected chi connectivity index (χ4v) is 9.67. The SMILES string of the molecule is Cn1c(=O)n(C2CCC(=O)NC2=O)c2ccc(C3CCC4CCC(C3)N4CC(=O)Nc3ccc4c(F)c(N5CC(=O)NS5(=O)=O)c(O)cc4c3)cc21. The number of nitrogens with zero attached hydrogens (tertiary/aromatic N) is 4. The number of fused-ring (bicyclic) bond motifs is 4. The molecule has 0 saturated carbocycles. The predicted molar refractivity (Wildman–Crippen MR) is 187 cm³/mol. The number of imidazole rings is 1. The first-order chi connectivity index (χ1) is 24.8. The Bertz CT molecular complexity index is 2390. The lowest BCUT2D eigenvalue weighted by molar-refractivity contribution is -0.135. The van der Waals surface area contributed by atoms with Crippen molar-refractivity contribution in [3.63, 3.8) is 0 Å². The Morgan fingerprint density at radius 1 is 0.962 bits per heavy atom. The van der Waals surface area contributed by atoms with Gasteiger partial charge < -0.3 is 10.4 Å². The number of phenolic OH excluding ortho intramolecular Hbond substituents is 1. The van der Waals surface area contributed by atoms with Gasteiger partial charge in [-0.15, -0.1) is 0 Å². The minimum absolute atomic E-state index is 0.00254. The second-order valence-corrected chi connectivity index (χ2v) is 15.7. The molecule has 0 radical (unpaired) electrons. The van der Waals surface area contributed by atoms with Gasteiger partial charge in [-0.2, -0.15) is 8.42 Å². The predicted octanol–water partition coefficient (Wildman–Crippen LogP) is 2.24. The van der Waals surface area contributed by atoms with Crippen LogP contribution in [-0.4, -0.2) is 76.4 Å². The number of anilines is 2. The van der Waals surface area contributed by atoms with E-state index in [0.29, 0.717) is 21.0 Å². The molecule has 0 spiro atoms. The third-order valence-electron chi connectivity index (χ3n) is 11.0. The molecule has 0 aliphatic carbocycles. The van der Waals surface area contributed by atoms with Gasteiger partial charge in [-0.1, -0.05) is 6.07 Å². The molecule has 4 aromatic rings. The first kappa shape index (κ1) is 33.8. The molecule has 17 heteroatoms. The van der Waals surface area contributed by atoms with Crippen molar-refractivity contribution >= 4 is 67.0 Å². The topological polar surface area (TPSA) is 192 Å². The Balaban J connectivity index is 0.972. The van der Waals surface area contributed by atoms with E-state index in [0.717, 1.165) is 37.7 Å². The van der Waals surface area contributed by atoms with E-state index < -0.39 is 51.9 Å². The number of aromatic hydroxyl groups is 1. The molecule has 4 amide bonds. The van der Waals surface area contributed by atoms with Gasteiger partial charge in [0.05, 0.1) is 17.6 Å². The van der Waals surface area contributed by atoms with Crippen LogP contribution in [0.1, 0.15) is 62.5 Å². The second-order valence-electron chi connectivity index (χ2n) is 14.1. The highest BCUT2D eigenvalue weighted by molar-refractivity contribution is 7.92. The summed E-state index contributed by atoms with van der Waals surface area (Å²) >= 11 is 0. The second kappa shape index (κ2) is 12.4. The fraction of sp³-hybridized carbons (Fsp3) is 0.400. The van der Waals surface area contributed by atoms with Crippen molar-refractivity contribution in [1.82, 2.24) is 24.1 Å². The number of benzene rings is 3. The minimum Gasteiger partial charge on any atom is -0.506 e. The minimum atomic E-state index is -4.35. The summed E-state index contributed by atoms with van der Waals surface area (Å²) in [5.74, 6) is -3.41. The first-order valence-corrected chi connectivity index (χ1v) is 18.6. The Kier molecular flexibility index (Phi) is 8.09. The summed E-state index contributed by atoms with van der Waals surface area (Å²) in [6.07, 6.45) is 4.94. The molecule has 5 heterocycles. The maximum absolute atomic E-state index is 15.5. The van der Waals surface area contributed by atoms with Gasteiger partial charge in [0.1, 0.15) is 24.0 Å². The molecule has 4 unspecified atom stereocenters. The Morgan fingerprint density at radius 2 is 1.73 bits per heavy atom. The molecule has 4 aliphatic rings. The molecule has 4 fully saturated rings. The van der Waals surface area contributed by atoms with Crippen LogP contribution >= 0.6 is 0 Å². The quantitative estimate of drug-likeness (QED) is 0.215. The maximum atomic E-state index is 15.5. The summed E-state index contributed by atoms with van der Waals surface area (Å²) in [6.45, 7) is -0.516. The lowest BCUT2D eigenvalue weighted by Gasteiger charge is -2.27. The number of rotatable bonds is 6. The van der Waals surface area contributed by atoms with Crippen molar-refractivity contribution < 1.29 is 37.1 Å². The number of halogens is 1. The summed E-state index contributed by atoms with van der Waals surface area (Å²) in [6, 6.07) is 11.1. The molecular weight excluding hydrogens is 697 g/mol. The highest BCUT2D eigenvalue weighted by Crippen LogP contribution is 2.42.